The third-order valence-corrected chi connectivity index (χ3v) is 8.58. The number of carbonyl (C=O) groups is 2. The summed E-state index contributed by atoms with van der Waals surface area (Å²) in [6.45, 7) is 3.43. The van der Waals surface area contributed by atoms with Crippen LogP contribution >= 0.6 is 11.6 Å². The predicted octanol–water partition coefficient (Wildman–Crippen LogP) is 4.50. The Labute approximate surface area is 252 Å². The van der Waals surface area contributed by atoms with E-state index in [4.69, 9.17) is 25.8 Å². The van der Waals surface area contributed by atoms with Crippen molar-refractivity contribution in [3.05, 3.63) is 77.3 Å². The second kappa shape index (κ2) is 14.8. The number of nitrogens with zero attached hydrogens (tertiary/aromatic N) is 2. The van der Waals surface area contributed by atoms with E-state index in [1.807, 2.05) is 6.07 Å². The molecule has 3 aromatic rings. The number of halogens is 1. The normalized spacial score (nSPS) is 11.8. The number of hydrogen-bond acceptors (Lipinski definition) is 7. The monoisotopic (exact) mass is 617 g/mol. The van der Waals surface area contributed by atoms with Gasteiger partial charge in [-0.25, -0.2) is 8.42 Å². The summed E-state index contributed by atoms with van der Waals surface area (Å²) in [7, 11) is 0.0685. The van der Waals surface area contributed by atoms with E-state index in [9.17, 15) is 18.0 Å². The Kier molecular flexibility index (Phi) is 11.5. The first-order chi connectivity index (χ1) is 20.1. The molecule has 0 aliphatic heterocycles. The maximum Gasteiger partial charge on any atom is 0.264 e. The third kappa shape index (κ3) is 7.65. The first-order valence-corrected chi connectivity index (χ1v) is 15.1. The molecule has 0 spiro atoms. The molecule has 0 aromatic heterocycles. The molecule has 42 heavy (non-hydrogen) atoms. The topological polar surface area (TPSA) is 114 Å². The first-order valence-electron chi connectivity index (χ1n) is 13.3. The zero-order valence-electron chi connectivity index (χ0n) is 24.3. The number of amides is 2. The average Bonchev–Trinajstić information content (AvgIpc) is 2.99. The minimum absolute atomic E-state index is 0.0521. The molecule has 0 bridgehead atoms. The smallest absolute Gasteiger partial charge is 0.264 e. The summed E-state index contributed by atoms with van der Waals surface area (Å²) in [5, 5.41) is 3.18. The summed E-state index contributed by atoms with van der Waals surface area (Å²) < 4.78 is 45.1. The summed E-state index contributed by atoms with van der Waals surface area (Å²) >= 11 is 6.09. The van der Waals surface area contributed by atoms with Gasteiger partial charge in [-0.05, 0) is 67.4 Å². The van der Waals surface area contributed by atoms with E-state index in [-0.39, 0.29) is 28.8 Å². The number of nitrogens with one attached hydrogen (secondary N) is 1. The van der Waals surface area contributed by atoms with E-state index in [0.717, 1.165) is 4.31 Å². The highest BCUT2D eigenvalue weighted by Crippen LogP contribution is 2.33. The number of rotatable bonds is 14. The Hall–Kier alpha value is -3.96. The minimum atomic E-state index is -4.31. The molecule has 0 heterocycles. The molecule has 0 aliphatic rings. The first kappa shape index (κ1) is 32.6. The van der Waals surface area contributed by atoms with Gasteiger partial charge in [0.15, 0.2) is 11.5 Å². The molecular weight excluding hydrogens is 582 g/mol. The van der Waals surface area contributed by atoms with Gasteiger partial charge in [0.05, 0.1) is 31.9 Å². The molecule has 10 nitrogen and oxygen atoms in total. The van der Waals surface area contributed by atoms with Crippen molar-refractivity contribution in [2.24, 2.45) is 0 Å². The number of methoxy groups -OCH3 is 3. The van der Waals surface area contributed by atoms with Crippen LogP contribution in [0, 0.1) is 0 Å². The lowest BCUT2D eigenvalue weighted by molar-refractivity contribution is -0.140. The van der Waals surface area contributed by atoms with Crippen LogP contribution in [0.3, 0.4) is 0 Å². The van der Waals surface area contributed by atoms with Crippen LogP contribution in [0.15, 0.2) is 71.6 Å². The third-order valence-electron chi connectivity index (χ3n) is 6.56. The number of ether oxygens (including phenoxy) is 3. The van der Waals surface area contributed by atoms with Crippen molar-refractivity contribution in [2.75, 3.05) is 38.7 Å². The fraction of sp³-hybridized carbons (Fsp3) is 0.333. The quantitative estimate of drug-likeness (QED) is 0.283. The van der Waals surface area contributed by atoms with Crippen LogP contribution in [-0.2, 0) is 26.2 Å². The Morgan fingerprint density at radius 1 is 0.905 bits per heavy atom. The molecule has 0 unspecified atom stereocenters. The molecule has 226 valence electrons. The molecule has 1 atom stereocenters. The van der Waals surface area contributed by atoms with Gasteiger partial charge in [-0.1, -0.05) is 30.7 Å². The van der Waals surface area contributed by atoms with E-state index in [1.165, 1.54) is 68.7 Å². The van der Waals surface area contributed by atoms with E-state index < -0.39 is 28.5 Å². The zero-order valence-corrected chi connectivity index (χ0v) is 25.9. The number of likely N-dealkylation sites (N-methyl/N-ethyl adjacent to an activating group) is 1. The molecule has 0 aliphatic carbocycles. The lowest BCUT2D eigenvalue weighted by atomic mass is 10.1. The zero-order chi connectivity index (χ0) is 30.9. The Morgan fingerprint density at radius 2 is 1.60 bits per heavy atom. The average molecular weight is 618 g/mol. The maximum absolute atomic E-state index is 14.1. The highest BCUT2D eigenvalue weighted by atomic mass is 35.5. The van der Waals surface area contributed by atoms with Crippen molar-refractivity contribution >= 4 is 39.1 Å². The van der Waals surface area contributed by atoms with E-state index in [0.29, 0.717) is 35.1 Å². The summed E-state index contributed by atoms with van der Waals surface area (Å²) in [5.41, 5.74) is 0.932. The molecule has 0 fully saturated rings. The number of anilines is 1. The second-order valence-electron chi connectivity index (χ2n) is 9.20. The highest BCUT2D eigenvalue weighted by Gasteiger charge is 2.34. The summed E-state index contributed by atoms with van der Waals surface area (Å²) in [5.74, 6) is 0.238. The van der Waals surface area contributed by atoms with E-state index >= 15 is 0 Å². The number of hydrogen-bond donors (Lipinski definition) is 1. The number of benzene rings is 3. The van der Waals surface area contributed by atoms with E-state index in [1.54, 1.807) is 32.0 Å². The van der Waals surface area contributed by atoms with Crippen LogP contribution < -0.4 is 23.8 Å². The van der Waals surface area contributed by atoms with Crippen LogP contribution in [0.5, 0.6) is 17.2 Å². The predicted molar refractivity (Wildman–Crippen MR) is 162 cm³/mol. The molecule has 0 saturated heterocycles. The fourth-order valence-electron chi connectivity index (χ4n) is 4.42. The molecule has 3 rings (SSSR count). The van der Waals surface area contributed by atoms with Crippen LogP contribution in [0.25, 0.3) is 0 Å². The standard InChI is InChI=1S/C30H36ClN3O7S/c1-6-26(30(36)32-7-2)33(19-21-9-8-10-24(17-21)39-3)29(35)20-34(23-13-11-22(31)12-14-23)42(37,38)25-15-16-27(40-4)28(18-25)41-5/h8-18,26H,6-7,19-20H2,1-5H3,(H,32,36)/t26-/m1/s1. The summed E-state index contributed by atoms with van der Waals surface area (Å²) in [6, 6.07) is 16.6. The van der Waals surface area contributed by atoms with Crippen molar-refractivity contribution in [1.29, 1.82) is 0 Å². The van der Waals surface area contributed by atoms with Crippen molar-refractivity contribution in [2.45, 2.75) is 37.8 Å². The Bertz CT molecular complexity index is 1480. The molecule has 3 aromatic carbocycles. The molecule has 1 N–H and O–H groups in total. The van der Waals surface area contributed by atoms with Crippen LogP contribution in [0.1, 0.15) is 25.8 Å². The largest absolute Gasteiger partial charge is 0.497 e. The molecule has 12 heteroatoms. The Morgan fingerprint density at radius 3 is 2.19 bits per heavy atom. The lowest BCUT2D eigenvalue weighted by Crippen LogP contribution is -2.52. The van der Waals surface area contributed by atoms with Gasteiger partial charge in [-0.15, -0.1) is 0 Å². The van der Waals surface area contributed by atoms with Crippen LogP contribution in [0.4, 0.5) is 5.69 Å². The molecule has 0 radical (unpaired) electrons. The summed E-state index contributed by atoms with van der Waals surface area (Å²) in [6.07, 6.45) is 0.310. The van der Waals surface area contributed by atoms with Gasteiger partial charge in [0, 0.05) is 24.2 Å². The van der Waals surface area contributed by atoms with Crippen molar-refractivity contribution in [1.82, 2.24) is 10.2 Å². The minimum Gasteiger partial charge on any atom is -0.497 e. The Balaban J connectivity index is 2.10. The van der Waals surface area contributed by atoms with Gasteiger partial charge in [-0.3, -0.25) is 13.9 Å². The van der Waals surface area contributed by atoms with Gasteiger partial charge >= 0.3 is 0 Å². The molecule has 0 saturated carbocycles. The fourth-order valence-corrected chi connectivity index (χ4v) is 5.98. The van der Waals surface area contributed by atoms with Crippen molar-refractivity contribution in [3.8, 4) is 17.2 Å². The van der Waals surface area contributed by atoms with Crippen molar-refractivity contribution in [3.63, 3.8) is 0 Å². The molecule has 2 amide bonds. The van der Waals surface area contributed by atoms with Crippen LogP contribution in [0.2, 0.25) is 5.02 Å². The SMILES string of the molecule is CCNC(=O)[C@@H](CC)N(Cc1cccc(OC)c1)C(=O)CN(c1ccc(Cl)cc1)S(=O)(=O)c1ccc(OC)c(OC)c1. The summed E-state index contributed by atoms with van der Waals surface area (Å²) in [4.78, 5) is 28.5. The highest BCUT2D eigenvalue weighted by molar-refractivity contribution is 7.92. The van der Waals surface area contributed by atoms with Crippen LogP contribution in [-0.4, -0.2) is 65.6 Å². The second-order valence-corrected chi connectivity index (χ2v) is 11.5. The number of carbonyl (C=O) groups excluding carboxylic acids is 2. The van der Waals surface area contributed by atoms with Gasteiger partial charge in [0.2, 0.25) is 11.8 Å². The van der Waals surface area contributed by atoms with E-state index in [2.05, 4.69) is 5.32 Å². The van der Waals surface area contributed by atoms with Gasteiger partial charge < -0.3 is 24.4 Å². The van der Waals surface area contributed by atoms with Crippen molar-refractivity contribution < 1.29 is 32.2 Å². The maximum atomic E-state index is 14.1. The van der Waals surface area contributed by atoms with Gasteiger partial charge in [0.25, 0.3) is 10.0 Å². The van der Waals surface area contributed by atoms with Gasteiger partial charge in [0.1, 0.15) is 18.3 Å². The number of sulfonamides is 1. The lowest BCUT2D eigenvalue weighted by Gasteiger charge is -2.33. The molecular formula is C30H36ClN3O7S. The van der Waals surface area contributed by atoms with Gasteiger partial charge in [-0.2, -0.15) is 0 Å².